The van der Waals surface area contributed by atoms with Crippen molar-refractivity contribution in [3.05, 3.63) is 33.4 Å². The average molecular weight is 1360 g/mol. The second-order valence-corrected chi connectivity index (χ2v) is 41.4. The van der Waals surface area contributed by atoms with Crippen molar-refractivity contribution in [2.45, 2.75) is 369 Å². The summed E-state index contributed by atoms with van der Waals surface area (Å²) in [5.74, 6) is 14.9. The first kappa shape index (κ1) is 71.3. The molecule has 18 aliphatic rings. The normalized spacial score (nSPS) is 52.2. The van der Waals surface area contributed by atoms with Crippen LogP contribution >= 0.6 is 0 Å². The summed E-state index contributed by atoms with van der Waals surface area (Å²) in [4.78, 5) is 42.2. The second-order valence-electron chi connectivity index (χ2n) is 41.4. The lowest BCUT2D eigenvalue weighted by molar-refractivity contribution is -0.130. The first-order chi connectivity index (χ1) is 47.1. The van der Waals surface area contributed by atoms with Gasteiger partial charge in [0.2, 0.25) is 0 Å². The maximum atomic E-state index is 12.2. The van der Waals surface area contributed by atoms with E-state index in [9.17, 15) is 14.4 Å². The molecule has 0 aromatic carbocycles. The molecule has 6 saturated heterocycles. The van der Waals surface area contributed by atoms with E-state index >= 15 is 0 Å². The third kappa shape index (κ3) is 11.6. The highest BCUT2D eigenvalue weighted by Crippen LogP contribution is 2.69. The molecule has 9 saturated carbocycles. The predicted octanol–water partition coefficient (Wildman–Crippen LogP) is 19.3. The first-order valence-electron chi connectivity index (χ1n) is 42.9. The highest BCUT2D eigenvalue weighted by molar-refractivity contribution is 5.80. The Bertz CT molecular complexity index is 3070. The monoisotopic (exact) mass is 1360 g/mol. The van der Waals surface area contributed by atoms with Crippen LogP contribution in [-0.4, -0.2) is 112 Å². The molecule has 6 aliphatic heterocycles. The van der Waals surface area contributed by atoms with Crippen LogP contribution in [0.15, 0.2) is 33.4 Å². The Kier molecular flexibility index (Phi) is 18.8. The number of likely N-dealkylation sites (tertiary alicyclic amines) is 2. The summed E-state index contributed by atoms with van der Waals surface area (Å²) in [6.45, 7) is 43.0. The molecule has 9 nitrogen and oxygen atoms in total. The van der Waals surface area contributed by atoms with E-state index in [-0.39, 0.29) is 16.8 Å². The predicted molar refractivity (Wildman–Crippen MR) is 399 cm³/mol. The van der Waals surface area contributed by atoms with Gasteiger partial charge in [-0.2, -0.15) is 0 Å². The molecule has 0 amide bonds. The van der Waals surface area contributed by atoms with Crippen molar-refractivity contribution in [3.8, 4) is 0 Å². The molecule has 30 atom stereocenters. The minimum atomic E-state index is 0.0435. The quantitative estimate of drug-likeness (QED) is 0.271. The fraction of sp³-hybridized carbons (Fsp3) is 0.900. The number of allylic oxidation sites excluding steroid dienone is 3. The summed E-state index contributed by atoms with van der Waals surface area (Å²) >= 11 is 0. The van der Waals surface area contributed by atoms with Gasteiger partial charge in [-0.1, -0.05) is 95.8 Å². The Morgan fingerprint density at radius 1 is 0.414 bits per heavy atom. The summed E-state index contributed by atoms with van der Waals surface area (Å²) < 4.78 is 21.4. The van der Waals surface area contributed by atoms with Crippen molar-refractivity contribution in [3.63, 3.8) is 0 Å². The molecule has 0 bridgehead atoms. The molecule has 0 radical (unpaired) electrons. The van der Waals surface area contributed by atoms with Crippen LogP contribution in [0.2, 0.25) is 0 Å². The fourth-order valence-electron chi connectivity index (χ4n) is 30.5. The minimum absolute atomic E-state index is 0.0435. The van der Waals surface area contributed by atoms with Gasteiger partial charge in [-0.15, -0.1) is 0 Å². The maximum Gasteiger partial charge on any atom is 0.133 e. The summed E-state index contributed by atoms with van der Waals surface area (Å²) in [6, 6.07) is 2.93. The van der Waals surface area contributed by atoms with E-state index in [0.29, 0.717) is 118 Å². The van der Waals surface area contributed by atoms with Gasteiger partial charge in [0.05, 0.1) is 35.1 Å². The number of ether oxygens (including phenoxy) is 3. The van der Waals surface area contributed by atoms with E-state index < -0.39 is 0 Å². The van der Waals surface area contributed by atoms with Crippen molar-refractivity contribution in [1.29, 1.82) is 0 Å². The number of ketones is 3. The Morgan fingerprint density at radius 2 is 0.747 bits per heavy atom. The molecule has 3 spiro atoms. The van der Waals surface area contributed by atoms with Crippen LogP contribution < -0.4 is 5.32 Å². The molecule has 99 heavy (non-hydrogen) atoms. The van der Waals surface area contributed by atoms with Gasteiger partial charge in [-0.3, -0.25) is 24.2 Å². The number of rotatable bonds is 2. The maximum absolute atomic E-state index is 12.2. The number of piperidine rings is 3. The van der Waals surface area contributed by atoms with Crippen LogP contribution in [0.25, 0.3) is 0 Å². The van der Waals surface area contributed by atoms with Crippen molar-refractivity contribution in [2.75, 3.05) is 19.6 Å². The Morgan fingerprint density at radius 3 is 1.10 bits per heavy atom. The SMILES string of the molecule is CC1=C2C[C@H]3[C@@H](CC[C@@H]4CC(=O)CC[C@@]43C)[C@@H]2CC[C@@]2(C1)O[C@@H]1C[C@H](C)CN(C(C)C)[C@H]1[C@H]2C.CC1=C2C[C@H]3[C@@H](CC[C@@H]4CC(=O)CC[C@@]43C)[C@@H]2CC[C@@]2(C1)O[C@@H]1C[C@H](C)CN(C(C)C)[C@H]1[C@H]2C.CC1=C2C[C@H]3[C@@H](CC[C@@H]4CC(=O)CC[C@@]43C)[C@@H]2CC[C@@]2(C1)O[C@@H]1C[C@H](C)CN[C@H]1[C@H]2C. The van der Waals surface area contributed by atoms with Gasteiger partial charge >= 0.3 is 0 Å². The number of hydrogen-bond acceptors (Lipinski definition) is 9. The highest BCUT2D eigenvalue weighted by atomic mass is 16.5. The third-order valence-electron chi connectivity index (χ3n) is 36.0. The number of fused-ring (bicyclic) bond motifs is 18. The van der Waals surface area contributed by atoms with Gasteiger partial charge < -0.3 is 19.5 Å². The van der Waals surface area contributed by atoms with Crippen molar-refractivity contribution >= 4 is 17.3 Å². The van der Waals surface area contributed by atoms with Gasteiger partial charge in [0.15, 0.2) is 0 Å². The molecule has 552 valence electrons. The van der Waals surface area contributed by atoms with E-state index in [2.05, 4.69) is 126 Å². The number of nitrogens with zero attached hydrogens (tertiary/aromatic N) is 2. The van der Waals surface area contributed by atoms with Crippen LogP contribution in [0.1, 0.15) is 303 Å². The molecular weight excluding hydrogens is 1220 g/mol. The van der Waals surface area contributed by atoms with Crippen LogP contribution in [0.4, 0.5) is 0 Å². The molecule has 9 heteroatoms. The van der Waals surface area contributed by atoms with Gasteiger partial charge in [0.1, 0.15) is 17.3 Å². The summed E-state index contributed by atoms with van der Waals surface area (Å²) in [6.07, 6.45) is 36.5. The molecule has 6 heterocycles. The van der Waals surface area contributed by atoms with Gasteiger partial charge in [0.25, 0.3) is 0 Å². The Labute approximate surface area is 602 Å². The van der Waals surface area contributed by atoms with Crippen LogP contribution in [0, 0.1) is 123 Å². The van der Waals surface area contributed by atoms with Crippen molar-refractivity contribution in [1.82, 2.24) is 15.1 Å². The zero-order valence-corrected chi connectivity index (χ0v) is 65.7. The van der Waals surface area contributed by atoms with Crippen LogP contribution in [0.3, 0.4) is 0 Å². The molecule has 15 fully saturated rings. The smallest absolute Gasteiger partial charge is 0.133 e. The summed E-state index contributed by atoms with van der Waals surface area (Å²) in [5, 5.41) is 3.85. The third-order valence-corrected chi connectivity index (χ3v) is 36.0. The van der Waals surface area contributed by atoms with E-state index in [4.69, 9.17) is 14.2 Å². The summed E-state index contributed by atoms with van der Waals surface area (Å²) in [7, 11) is 0. The van der Waals surface area contributed by atoms with Gasteiger partial charge in [-0.05, 0) is 314 Å². The zero-order valence-electron chi connectivity index (χ0n) is 65.7. The lowest BCUT2D eigenvalue weighted by atomic mass is 9.52. The highest BCUT2D eigenvalue weighted by Gasteiger charge is 2.65. The van der Waals surface area contributed by atoms with E-state index in [1.165, 1.54) is 129 Å². The Balaban J connectivity index is 0.000000116. The average Bonchev–Trinajstić information content (AvgIpc) is 1.56. The first-order valence-corrected chi connectivity index (χ1v) is 42.9. The standard InChI is InChI=1S/2C31H49NO2.C28H43NO2/c2*1-18(2)32-17-19(3)13-28-29(32)21(5)31(34-28)12-10-24-25-8-7-22-14-23(33)9-11-30(22,6)27(25)15-26(24)20(4)16-31;1-16-11-25-26(29-15-16)18(3)28(31-25)10-8-21-22-6-5-19-12-20(30)7-9-27(19,4)24(22)13-23(21)17(2)14-28/h2*18-19,21-22,24-25,27-29H,7-17H2,1-6H3;16,18-19,21-22,24-26,29H,5-15H2,1-4H3/t2*19-,21+,22+,24-,25-,27-,28+,29-,30-,31-;16-,18+,19+,21-,22-,24-,25+,26-,27-,28-/m000/s1. The fourth-order valence-corrected chi connectivity index (χ4v) is 30.5. The van der Waals surface area contributed by atoms with E-state index in [1.54, 1.807) is 16.7 Å². The molecule has 18 rings (SSSR count). The lowest BCUT2D eigenvalue weighted by Gasteiger charge is -2.52. The number of hydrogen-bond donors (Lipinski definition) is 1. The molecule has 1 N–H and O–H groups in total. The van der Waals surface area contributed by atoms with Crippen molar-refractivity contribution in [2.24, 2.45) is 123 Å². The molecular formula is C90H141N3O6. The second kappa shape index (κ2) is 26.2. The minimum Gasteiger partial charge on any atom is -0.369 e. The molecule has 12 aliphatic carbocycles. The number of Topliss-reactive ketones (excluding diaryl/α,β-unsaturated/α-hetero) is 3. The lowest BCUT2D eigenvalue weighted by Crippen LogP contribution is -2.54. The molecule has 0 aromatic heterocycles. The topological polar surface area (TPSA) is 97.4 Å². The molecule has 0 unspecified atom stereocenters. The number of carbonyl (C=O) groups excluding carboxylic acids is 3. The van der Waals surface area contributed by atoms with Crippen molar-refractivity contribution < 1.29 is 28.6 Å². The van der Waals surface area contributed by atoms with E-state index in [1.807, 2.05) is 16.7 Å². The van der Waals surface area contributed by atoms with Crippen LogP contribution in [-0.2, 0) is 28.6 Å². The Hall–Kier alpha value is -2.01. The molecule has 0 aromatic rings. The number of nitrogens with one attached hydrogen (secondary N) is 1. The number of carbonyl (C=O) groups is 3. The largest absolute Gasteiger partial charge is 0.369 e. The zero-order chi connectivity index (χ0) is 69.5. The van der Waals surface area contributed by atoms with E-state index in [0.717, 1.165) is 155 Å². The van der Waals surface area contributed by atoms with Gasteiger partial charge in [0, 0.05) is 99.6 Å². The summed E-state index contributed by atoms with van der Waals surface area (Å²) in [5.41, 5.74) is 11.8. The van der Waals surface area contributed by atoms with Crippen LogP contribution in [0.5, 0.6) is 0 Å². The van der Waals surface area contributed by atoms with Gasteiger partial charge in [-0.25, -0.2) is 0 Å².